The first-order chi connectivity index (χ1) is 13.8. The number of carbonyl (C=O) groups is 3. The van der Waals surface area contributed by atoms with E-state index in [0.29, 0.717) is 22.6 Å². The second kappa shape index (κ2) is 8.21. The zero-order chi connectivity index (χ0) is 21.2. The SMILES string of the molecule is CCC1(c2ccc(Cl)cc2)NC(=O)N(CC(=O)NC(C)c2ccc(F)cc2)C1=O. The Morgan fingerprint density at radius 1 is 1.17 bits per heavy atom. The lowest BCUT2D eigenvalue weighted by molar-refractivity contribution is -0.135. The van der Waals surface area contributed by atoms with E-state index in [1.54, 1.807) is 50.2 Å². The van der Waals surface area contributed by atoms with Crippen LogP contribution in [0.5, 0.6) is 0 Å². The molecule has 4 amide bonds. The molecule has 2 aromatic carbocycles. The zero-order valence-electron chi connectivity index (χ0n) is 16.0. The smallest absolute Gasteiger partial charge is 0.325 e. The Hall–Kier alpha value is -2.93. The molecule has 0 bridgehead atoms. The molecule has 3 rings (SSSR count). The van der Waals surface area contributed by atoms with Crippen LogP contribution in [-0.4, -0.2) is 29.3 Å². The molecule has 2 aromatic rings. The summed E-state index contributed by atoms with van der Waals surface area (Å²) in [4.78, 5) is 38.9. The molecule has 0 radical (unpaired) electrons. The normalized spacial score (nSPS) is 19.8. The molecule has 2 atom stereocenters. The number of rotatable bonds is 6. The summed E-state index contributed by atoms with van der Waals surface area (Å²) in [5, 5.41) is 5.96. The fourth-order valence-corrected chi connectivity index (χ4v) is 3.54. The maximum atomic E-state index is 13.1. The molecule has 2 N–H and O–H groups in total. The van der Waals surface area contributed by atoms with Gasteiger partial charge in [-0.25, -0.2) is 9.18 Å². The molecule has 1 aliphatic rings. The molecule has 1 saturated heterocycles. The summed E-state index contributed by atoms with van der Waals surface area (Å²) >= 11 is 5.92. The van der Waals surface area contributed by atoms with E-state index in [2.05, 4.69) is 10.6 Å². The van der Waals surface area contributed by atoms with Gasteiger partial charge in [-0.15, -0.1) is 0 Å². The van der Waals surface area contributed by atoms with E-state index in [-0.39, 0.29) is 5.82 Å². The fraction of sp³-hybridized carbons (Fsp3) is 0.286. The minimum atomic E-state index is -1.23. The Balaban J connectivity index is 1.73. The van der Waals surface area contributed by atoms with Crippen LogP contribution in [0, 0.1) is 5.82 Å². The summed E-state index contributed by atoms with van der Waals surface area (Å²) in [6, 6.07) is 11.4. The molecule has 152 valence electrons. The van der Waals surface area contributed by atoms with E-state index in [4.69, 9.17) is 11.6 Å². The summed E-state index contributed by atoms with van der Waals surface area (Å²) < 4.78 is 13.1. The molecule has 1 aliphatic heterocycles. The lowest BCUT2D eigenvalue weighted by Crippen LogP contribution is -2.45. The van der Waals surface area contributed by atoms with Crippen LogP contribution in [0.25, 0.3) is 0 Å². The van der Waals surface area contributed by atoms with Gasteiger partial charge in [0.05, 0.1) is 6.04 Å². The van der Waals surface area contributed by atoms with Crippen molar-refractivity contribution in [2.24, 2.45) is 0 Å². The molecule has 1 heterocycles. The average molecular weight is 418 g/mol. The number of nitrogens with zero attached hydrogens (tertiary/aromatic N) is 1. The van der Waals surface area contributed by atoms with Crippen LogP contribution in [-0.2, 0) is 15.1 Å². The molecule has 0 saturated carbocycles. The summed E-state index contributed by atoms with van der Waals surface area (Å²) in [6.07, 6.45) is 0.323. The third-order valence-electron chi connectivity index (χ3n) is 5.09. The highest BCUT2D eigenvalue weighted by Gasteiger charge is 2.51. The number of carbonyl (C=O) groups excluding carboxylic acids is 3. The maximum Gasteiger partial charge on any atom is 0.325 e. The minimum absolute atomic E-state index is 0.323. The average Bonchev–Trinajstić information content (AvgIpc) is 2.94. The van der Waals surface area contributed by atoms with Gasteiger partial charge in [-0.2, -0.15) is 0 Å². The van der Waals surface area contributed by atoms with Crippen LogP contribution in [0.3, 0.4) is 0 Å². The van der Waals surface area contributed by atoms with Gasteiger partial charge < -0.3 is 10.6 Å². The third kappa shape index (κ3) is 4.10. The van der Waals surface area contributed by atoms with Gasteiger partial charge in [0.1, 0.15) is 17.9 Å². The molecule has 2 unspecified atom stereocenters. The number of benzene rings is 2. The number of halogens is 2. The summed E-state index contributed by atoms with van der Waals surface area (Å²) in [5.74, 6) is -1.35. The summed E-state index contributed by atoms with van der Waals surface area (Å²) in [5.41, 5.74) is 0.0798. The highest BCUT2D eigenvalue weighted by Crippen LogP contribution is 2.33. The van der Waals surface area contributed by atoms with E-state index >= 15 is 0 Å². The topological polar surface area (TPSA) is 78.5 Å². The molecular weight excluding hydrogens is 397 g/mol. The molecule has 29 heavy (non-hydrogen) atoms. The Kier molecular flexibility index (Phi) is 5.88. The van der Waals surface area contributed by atoms with Gasteiger partial charge in [0, 0.05) is 5.02 Å². The molecule has 0 spiro atoms. The number of nitrogens with one attached hydrogen (secondary N) is 2. The molecule has 6 nitrogen and oxygen atoms in total. The number of hydrogen-bond acceptors (Lipinski definition) is 3. The predicted octanol–water partition coefficient (Wildman–Crippen LogP) is 3.51. The van der Waals surface area contributed by atoms with Crippen LogP contribution in [0.4, 0.5) is 9.18 Å². The highest BCUT2D eigenvalue weighted by molar-refractivity contribution is 6.30. The van der Waals surface area contributed by atoms with Crippen LogP contribution in [0.15, 0.2) is 48.5 Å². The van der Waals surface area contributed by atoms with Gasteiger partial charge in [-0.05, 0) is 48.7 Å². The predicted molar refractivity (Wildman–Crippen MR) is 107 cm³/mol. The third-order valence-corrected chi connectivity index (χ3v) is 5.34. The van der Waals surface area contributed by atoms with Crippen molar-refractivity contribution in [2.75, 3.05) is 6.54 Å². The first-order valence-corrected chi connectivity index (χ1v) is 9.59. The monoisotopic (exact) mass is 417 g/mol. The second-order valence-corrected chi connectivity index (χ2v) is 7.36. The van der Waals surface area contributed by atoms with Gasteiger partial charge in [0.15, 0.2) is 0 Å². The van der Waals surface area contributed by atoms with Crippen LogP contribution in [0.2, 0.25) is 5.02 Å². The molecule has 0 aliphatic carbocycles. The quantitative estimate of drug-likeness (QED) is 0.706. The Bertz CT molecular complexity index is 933. The highest BCUT2D eigenvalue weighted by atomic mass is 35.5. The Labute approximate surface area is 173 Å². The summed E-state index contributed by atoms with van der Waals surface area (Å²) in [6.45, 7) is 3.11. The lowest BCUT2D eigenvalue weighted by Gasteiger charge is -2.26. The van der Waals surface area contributed by atoms with Crippen LogP contribution >= 0.6 is 11.6 Å². The standard InChI is InChI=1S/C21H21ClFN3O3/c1-3-21(15-6-8-16(22)9-7-15)19(28)26(20(29)25-21)12-18(27)24-13(2)14-4-10-17(23)11-5-14/h4-11,13H,3,12H2,1-2H3,(H,24,27)(H,25,29). The van der Waals surface area contributed by atoms with Crippen molar-refractivity contribution in [2.45, 2.75) is 31.8 Å². The van der Waals surface area contributed by atoms with Gasteiger partial charge in [0.2, 0.25) is 5.91 Å². The molecule has 8 heteroatoms. The van der Waals surface area contributed by atoms with E-state index < -0.39 is 36.0 Å². The van der Waals surface area contributed by atoms with E-state index in [1.165, 1.54) is 12.1 Å². The number of amides is 4. The largest absolute Gasteiger partial charge is 0.348 e. The van der Waals surface area contributed by atoms with Gasteiger partial charge in [-0.3, -0.25) is 14.5 Å². The van der Waals surface area contributed by atoms with Gasteiger partial charge in [-0.1, -0.05) is 42.8 Å². The molecule has 0 aromatic heterocycles. The zero-order valence-corrected chi connectivity index (χ0v) is 16.8. The van der Waals surface area contributed by atoms with E-state index in [1.807, 2.05) is 0 Å². The van der Waals surface area contributed by atoms with Gasteiger partial charge in [0.25, 0.3) is 5.91 Å². The van der Waals surface area contributed by atoms with Gasteiger partial charge >= 0.3 is 6.03 Å². The fourth-order valence-electron chi connectivity index (χ4n) is 3.41. The van der Waals surface area contributed by atoms with Crippen molar-refractivity contribution in [3.05, 3.63) is 70.5 Å². The Morgan fingerprint density at radius 3 is 2.38 bits per heavy atom. The van der Waals surface area contributed by atoms with E-state index in [9.17, 15) is 18.8 Å². The first-order valence-electron chi connectivity index (χ1n) is 9.22. The van der Waals surface area contributed by atoms with Crippen molar-refractivity contribution in [3.63, 3.8) is 0 Å². The molecule has 1 fully saturated rings. The van der Waals surface area contributed by atoms with Crippen molar-refractivity contribution < 1.29 is 18.8 Å². The molecular formula is C21H21ClFN3O3. The Morgan fingerprint density at radius 2 is 1.79 bits per heavy atom. The number of imide groups is 1. The van der Waals surface area contributed by atoms with Crippen molar-refractivity contribution >= 4 is 29.4 Å². The van der Waals surface area contributed by atoms with E-state index in [0.717, 1.165) is 4.90 Å². The van der Waals surface area contributed by atoms with Crippen LogP contribution in [0.1, 0.15) is 37.4 Å². The summed E-state index contributed by atoms with van der Waals surface area (Å²) in [7, 11) is 0. The number of urea groups is 1. The van der Waals surface area contributed by atoms with Crippen molar-refractivity contribution in [1.82, 2.24) is 15.5 Å². The lowest BCUT2D eigenvalue weighted by atomic mass is 9.87. The second-order valence-electron chi connectivity index (χ2n) is 6.93. The van der Waals surface area contributed by atoms with Crippen molar-refractivity contribution in [3.8, 4) is 0 Å². The minimum Gasteiger partial charge on any atom is -0.348 e. The van der Waals surface area contributed by atoms with Crippen molar-refractivity contribution in [1.29, 1.82) is 0 Å². The first kappa shape index (κ1) is 20.8. The van der Waals surface area contributed by atoms with Crippen LogP contribution < -0.4 is 10.6 Å². The maximum absolute atomic E-state index is 13.1. The number of hydrogen-bond donors (Lipinski definition) is 2.